The molecule has 0 heterocycles. The Bertz CT molecular complexity index is 93.0. The maximum absolute atomic E-state index is 10.3. The smallest absolute Gasteiger partial charge is 0.217 e. The van der Waals surface area contributed by atoms with E-state index < -0.39 is 0 Å². The zero-order valence-electron chi connectivity index (χ0n) is 5.22. The van der Waals surface area contributed by atoms with Gasteiger partial charge in [-0.1, -0.05) is 0 Å². The van der Waals surface area contributed by atoms with Gasteiger partial charge in [-0.3, -0.25) is 4.79 Å². The van der Waals surface area contributed by atoms with Crippen LogP contribution in [0.5, 0.6) is 0 Å². The van der Waals surface area contributed by atoms with E-state index in [-0.39, 0.29) is 24.4 Å². The van der Waals surface area contributed by atoms with Crippen molar-refractivity contribution in [2.24, 2.45) is 0 Å². The van der Waals surface area contributed by atoms with Crippen LogP contribution in [0.3, 0.4) is 0 Å². The number of aliphatic hydroxyl groups excluding tert-OH is 1. The lowest BCUT2D eigenvalue weighted by Crippen LogP contribution is -2.37. The molecule has 0 saturated heterocycles. The number of nitrogens with one attached hydrogen (secondary N) is 1. The van der Waals surface area contributed by atoms with Gasteiger partial charge in [0, 0.05) is 12.8 Å². The van der Waals surface area contributed by atoms with E-state index in [2.05, 4.69) is 5.32 Å². The van der Waals surface area contributed by atoms with Crippen molar-refractivity contribution in [2.75, 3.05) is 12.5 Å². The number of aliphatic hydroxyl groups is 1. The molecule has 0 aliphatic heterocycles. The van der Waals surface area contributed by atoms with Crippen LogP contribution < -0.4 is 5.32 Å². The molecule has 0 aliphatic rings. The van der Waals surface area contributed by atoms with Crippen molar-refractivity contribution in [3.63, 3.8) is 0 Å². The highest BCUT2D eigenvalue weighted by molar-refractivity contribution is 6.18. The second kappa shape index (κ2) is 4.58. The van der Waals surface area contributed by atoms with Gasteiger partial charge in [-0.15, -0.1) is 11.6 Å². The predicted molar refractivity (Wildman–Crippen MR) is 35.4 cm³/mol. The Morgan fingerprint density at radius 3 is 2.56 bits per heavy atom. The summed E-state index contributed by atoms with van der Waals surface area (Å²) in [7, 11) is 0. The van der Waals surface area contributed by atoms with E-state index in [1.807, 2.05) is 0 Å². The first-order valence-electron chi connectivity index (χ1n) is 2.64. The van der Waals surface area contributed by atoms with Crippen molar-refractivity contribution in [1.82, 2.24) is 5.32 Å². The van der Waals surface area contributed by atoms with Crippen LogP contribution in [0.4, 0.5) is 0 Å². The fourth-order valence-corrected chi connectivity index (χ4v) is 0.595. The van der Waals surface area contributed by atoms with Gasteiger partial charge in [-0.05, 0) is 0 Å². The number of halogens is 1. The number of alkyl halides is 1. The lowest BCUT2D eigenvalue weighted by Gasteiger charge is -2.09. The van der Waals surface area contributed by atoms with Crippen molar-refractivity contribution in [3.8, 4) is 0 Å². The van der Waals surface area contributed by atoms with Crippen LogP contribution in [0.15, 0.2) is 0 Å². The molecule has 1 atom stereocenters. The first-order valence-corrected chi connectivity index (χ1v) is 3.18. The molecule has 0 radical (unpaired) electrons. The van der Waals surface area contributed by atoms with Crippen LogP contribution in [0.1, 0.15) is 6.92 Å². The zero-order chi connectivity index (χ0) is 7.28. The van der Waals surface area contributed by atoms with E-state index in [4.69, 9.17) is 16.7 Å². The number of carbonyl (C=O) groups is 1. The molecule has 1 amide bonds. The minimum atomic E-state index is -0.302. The molecule has 0 aromatic heterocycles. The average molecular weight is 152 g/mol. The quantitative estimate of drug-likeness (QED) is 0.546. The van der Waals surface area contributed by atoms with E-state index >= 15 is 0 Å². The summed E-state index contributed by atoms with van der Waals surface area (Å²) in [6.45, 7) is 1.28. The number of rotatable bonds is 3. The Kier molecular flexibility index (Phi) is 4.44. The van der Waals surface area contributed by atoms with Gasteiger partial charge in [-0.2, -0.15) is 0 Å². The lowest BCUT2D eigenvalue weighted by atomic mass is 10.3. The number of amides is 1. The summed E-state index contributed by atoms with van der Waals surface area (Å²) in [6, 6.07) is -0.302. The van der Waals surface area contributed by atoms with Crippen LogP contribution >= 0.6 is 11.6 Å². The normalized spacial score (nSPS) is 12.8. The van der Waals surface area contributed by atoms with Crippen LogP contribution in [0, 0.1) is 0 Å². The van der Waals surface area contributed by atoms with Gasteiger partial charge in [0.25, 0.3) is 0 Å². The van der Waals surface area contributed by atoms with E-state index in [9.17, 15) is 4.79 Å². The molecule has 54 valence electrons. The van der Waals surface area contributed by atoms with Crippen molar-refractivity contribution in [1.29, 1.82) is 0 Å². The van der Waals surface area contributed by atoms with Crippen LogP contribution in [0.25, 0.3) is 0 Å². The van der Waals surface area contributed by atoms with Gasteiger partial charge < -0.3 is 10.4 Å². The minimum Gasteiger partial charge on any atom is -0.394 e. The molecular weight excluding hydrogens is 142 g/mol. The van der Waals surface area contributed by atoms with E-state index in [1.54, 1.807) is 0 Å². The largest absolute Gasteiger partial charge is 0.394 e. The first-order chi connectivity index (χ1) is 4.20. The third-order valence-corrected chi connectivity index (χ3v) is 1.19. The third-order valence-electron chi connectivity index (χ3n) is 0.814. The predicted octanol–water partition coefficient (Wildman–Crippen LogP) is -0.278. The fourth-order valence-electron chi connectivity index (χ4n) is 0.420. The second-order valence-corrected chi connectivity index (χ2v) is 2.04. The SMILES string of the molecule is CC(=O)NC(CO)CCl. The van der Waals surface area contributed by atoms with E-state index in [1.165, 1.54) is 6.92 Å². The third kappa shape index (κ3) is 4.24. The highest BCUT2D eigenvalue weighted by Gasteiger charge is 2.04. The Morgan fingerprint density at radius 2 is 2.44 bits per heavy atom. The molecule has 1 unspecified atom stereocenters. The fraction of sp³-hybridized carbons (Fsp3) is 0.800. The lowest BCUT2D eigenvalue weighted by molar-refractivity contribution is -0.119. The van der Waals surface area contributed by atoms with Crippen molar-refractivity contribution in [3.05, 3.63) is 0 Å². The van der Waals surface area contributed by atoms with Crippen LogP contribution in [0.2, 0.25) is 0 Å². The highest BCUT2D eigenvalue weighted by Crippen LogP contribution is 1.85. The number of hydrogen-bond donors (Lipinski definition) is 2. The molecule has 0 rings (SSSR count). The van der Waals surface area contributed by atoms with Gasteiger partial charge in [0.15, 0.2) is 0 Å². The summed E-state index contributed by atoms with van der Waals surface area (Å²) in [5.41, 5.74) is 0. The molecule has 0 saturated carbocycles. The topological polar surface area (TPSA) is 49.3 Å². The Morgan fingerprint density at radius 1 is 1.89 bits per heavy atom. The van der Waals surface area contributed by atoms with E-state index in [0.717, 1.165) is 0 Å². The number of hydrogen-bond acceptors (Lipinski definition) is 2. The second-order valence-electron chi connectivity index (χ2n) is 1.73. The number of carbonyl (C=O) groups excluding carboxylic acids is 1. The summed E-state index contributed by atoms with van der Waals surface area (Å²) >= 11 is 5.34. The summed E-state index contributed by atoms with van der Waals surface area (Å²) < 4.78 is 0. The van der Waals surface area contributed by atoms with E-state index in [0.29, 0.717) is 0 Å². The van der Waals surface area contributed by atoms with Crippen molar-refractivity contribution >= 4 is 17.5 Å². The maximum atomic E-state index is 10.3. The average Bonchev–Trinajstić information content (AvgIpc) is 1.82. The summed E-state index contributed by atoms with van der Waals surface area (Å²) in [4.78, 5) is 10.3. The standard InChI is InChI=1S/C5H10ClNO2/c1-4(9)7-5(2-6)3-8/h5,8H,2-3H2,1H3,(H,7,9). The summed E-state index contributed by atoms with van der Waals surface area (Å²) in [6.07, 6.45) is 0. The molecular formula is C5H10ClNO2. The molecule has 0 bridgehead atoms. The highest BCUT2D eigenvalue weighted by atomic mass is 35.5. The van der Waals surface area contributed by atoms with Gasteiger partial charge in [0.05, 0.1) is 12.6 Å². The Balaban J connectivity index is 3.43. The van der Waals surface area contributed by atoms with Gasteiger partial charge in [-0.25, -0.2) is 0 Å². The molecule has 9 heavy (non-hydrogen) atoms. The van der Waals surface area contributed by atoms with Gasteiger partial charge in [0.1, 0.15) is 0 Å². The first kappa shape index (κ1) is 8.72. The molecule has 0 aromatic rings. The zero-order valence-corrected chi connectivity index (χ0v) is 5.98. The van der Waals surface area contributed by atoms with Crippen molar-refractivity contribution in [2.45, 2.75) is 13.0 Å². The Hall–Kier alpha value is -0.280. The van der Waals surface area contributed by atoms with Crippen LogP contribution in [-0.4, -0.2) is 29.5 Å². The van der Waals surface area contributed by atoms with Crippen LogP contribution in [-0.2, 0) is 4.79 Å². The molecule has 0 aromatic carbocycles. The molecule has 4 heteroatoms. The minimum absolute atomic E-state index is 0.108. The monoisotopic (exact) mass is 151 g/mol. The molecule has 0 spiro atoms. The maximum Gasteiger partial charge on any atom is 0.217 e. The van der Waals surface area contributed by atoms with Gasteiger partial charge in [0.2, 0.25) is 5.91 Å². The molecule has 2 N–H and O–H groups in total. The van der Waals surface area contributed by atoms with Gasteiger partial charge >= 0.3 is 0 Å². The molecule has 0 fully saturated rings. The molecule has 0 aliphatic carbocycles. The summed E-state index contributed by atoms with van der Waals surface area (Å²) in [5.74, 6) is 0.0745. The Labute approximate surface area is 59.0 Å². The van der Waals surface area contributed by atoms with Crippen molar-refractivity contribution < 1.29 is 9.90 Å². The summed E-state index contributed by atoms with van der Waals surface area (Å²) in [5, 5.41) is 10.9. The molecule has 3 nitrogen and oxygen atoms in total.